The lowest BCUT2D eigenvalue weighted by atomic mass is 10.2. The summed E-state index contributed by atoms with van der Waals surface area (Å²) in [5, 5.41) is 0. The van der Waals surface area contributed by atoms with Crippen molar-refractivity contribution in [2.24, 2.45) is 0 Å². The molecule has 0 aliphatic carbocycles. The molecular weight excluding hydrogens is 352 g/mol. The molecule has 0 N–H and O–H groups in total. The highest BCUT2D eigenvalue weighted by Gasteiger charge is 2.17. The predicted octanol–water partition coefficient (Wildman–Crippen LogP) is 2.61. The van der Waals surface area contributed by atoms with Gasteiger partial charge in [-0.3, -0.25) is 4.79 Å². The van der Waals surface area contributed by atoms with E-state index in [9.17, 15) is 14.4 Å². The lowest BCUT2D eigenvalue weighted by Gasteiger charge is -2.18. The Labute approximate surface area is 156 Å². The number of ether oxygens (including phenoxy) is 4. The van der Waals surface area contributed by atoms with Crippen LogP contribution in [-0.2, 0) is 23.7 Å². The zero-order chi connectivity index (χ0) is 19.5. The second-order valence-corrected chi connectivity index (χ2v) is 5.47. The van der Waals surface area contributed by atoms with Crippen molar-refractivity contribution >= 4 is 17.9 Å². The van der Waals surface area contributed by atoms with Gasteiger partial charge in [-0.15, -0.1) is 0 Å². The zero-order valence-corrected chi connectivity index (χ0v) is 14.8. The molecule has 0 aliphatic rings. The van der Waals surface area contributed by atoms with Crippen LogP contribution in [0.2, 0.25) is 0 Å². The molecule has 0 atom stereocenters. The van der Waals surface area contributed by atoms with Gasteiger partial charge in [0.1, 0.15) is 19.3 Å². The number of esters is 3. The predicted molar refractivity (Wildman–Crippen MR) is 95.0 cm³/mol. The van der Waals surface area contributed by atoms with Crippen molar-refractivity contribution < 1.29 is 33.3 Å². The summed E-state index contributed by atoms with van der Waals surface area (Å²) in [6, 6.07) is 16.9. The first kappa shape index (κ1) is 20.1. The van der Waals surface area contributed by atoms with E-state index in [1.54, 1.807) is 60.7 Å². The number of hydrogen-bond acceptors (Lipinski definition) is 7. The fourth-order valence-electron chi connectivity index (χ4n) is 2.01. The Morgan fingerprint density at radius 2 is 1.19 bits per heavy atom. The molecule has 142 valence electrons. The van der Waals surface area contributed by atoms with E-state index in [0.717, 1.165) is 0 Å². The quantitative estimate of drug-likeness (QED) is 0.380. The van der Waals surface area contributed by atoms with Crippen LogP contribution in [-0.4, -0.2) is 44.0 Å². The number of hydrogen-bond donors (Lipinski definition) is 0. The Hall–Kier alpha value is -3.19. The van der Waals surface area contributed by atoms with E-state index in [1.807, 2.05) is 0 Å². The van der Waals surface area contributed by atoms with E-state index >= 15 is 0 Å². The van der Waals surface area contributed by atoms with Crippen molar-refractivity contribution in [3.8, 4) is 0 Å². The van der Waals surface area contributed by atoms with Gasteiger partial charge >= 0.3 is 17.9 Å². The Bertz CT molecular complexity index is 688. The SMILES string of the molecule is CC(=O)OCOC(COC(=O)c1ccccc1)COC(=O)c1ccccc1. The molecule has 0 aromatic heterocycles. The van der Waals surface area contributed by atoms with Crippen molar-refractivity contribution in [3.63, 3.8) is 0 Å². The molecule has 0 heterocycles. The summed E-state index contributed by atoms with van der Waals surface area (Å²) in [5.74, 6) is -1.59. The summed E-state index contributed by atoms with van der Waals surface area (Å²) in [6.07, 6.45) is -0.787. The van der Waals surface area contributed by atoms with E-state index in [4.69, 9.17) is 18.9 Å². The van der Waals surface area contributed by atoms with Gasteiger partial charge in [-0.05, 0) is 24.3 Å². The topological polar surface area (TPSA) is 88.1 Å². The maximum atomic E-state index is 12.0. The molecule has 0 radical (unpaired) electrons. The zero-order valence-electron chi connectivity index (χ0n) is 14.8. The first-order valence-corrected chi connectivity index (χ1v) is 8.25. The van der Waals surface area contributed by atoms with Gasteiger partial charge < -0.3 is 18.9 Å². The monoisotopic (exact) mass is 372 g/mol. The van der Waals surface area contributed by atoms with Gasteiger partial charge in [-0.25, -0.2) is 9.59 Å². The molecule has 2 aromatic carbocycles. The molecule has 0 bridgehead atoms. The van der Waals surface area contributed by atoms with E-state index < -0.39 is 24.0 Å². The molecule has 7 heteroatoms. The fourth-order valence-corrected chi connectivity index (χ4v) is 2.01. The molecule has 0 aliphatic heterocycles. The van der Waals surface area contributed by atoms with Crippen molar-refractivity contribution in [1.29, 1.82) is 0 Å². The van der Waals surface area contributed by atoms with Crippen LogP contribution in [0, 0.1) is 0 Å². The van der Waals surface area contributed by atoms with Gasteiger partial charge in [0.2, 0.25) is 0 Å². The van der Waals surface area contributed by atoms with E-state index in [1.165, 1.54) is 6.92 Å². The van der Waals surface area contributed by atoms with Gasteiger partial charge in [-0.1, -0.05) is 36.4 Å². The molecule has 0 amide bonds. The van der Waals surface area contributed by atoms with Crippen LogP contribution in [0.15, 0.2) is 60.7 Å². The number of carbonyl (C=O) groups excluding carboxylic acids is 3. The summed E-state index contributed by atoms with van der Waals surface area (Å²) in [5.41, 5.74) is 0.773. The molecule has 0 fully saturated rings. The highest BCUT2D eigenvalue weighted by molar-refractivity contribution is 5.89. The molecule has 27 heavy (non-hydrogen) atoms. The molecule has 2 rings (SSSR count). The maximum Gasteiger partial charge on any atom is 0.338 e. The molecule has 7 nitrogen and oxygen atoms in total. The summed E-state index contributed by atoms with van der Waals surface area (Å²) < 4.78 is 20.4. The molecular formula is C20H20O7. The standard InChI is InChI=1S/C20H20O7/c1-15(21)26-14-27-18(12-24-19(22)16-8-4-2-5-9-16)13-25-20(23)17-10-6-3-7-11-17/h2-11,18H,12-14H2,1H3. The van der Waals surface area contributed by atoms with E-state index in [-0.39, 0.29) is 20.0 Å². The Morgan fingerprint density at radius 3 is 1.59 bits per heavy atom. The van der Waals surface area contributed by atoms with Gasteiger partial charge in [-0.2, -0.15) is 0 Å². The fraction of sp³-hybridized carbons (Fsp3) is 0.250. The third-order valence-corrected chi connectivity index (χ3v) is 3.39. The van der Waals surface area contributed by atoms with Gasteiger partial charge in [0.15, 0.2) is 6.79 Å². The van der Waals surface area contributed by atoms with Gasteiger partial charge in [0.05, 0.1) is 11.1 Å². The van der Waals surface area contributed by atoms with Gasteiger partial charge in [0.25, 0.3) is 0 Å². The largest absolute Gasteiger partial charge is 0.459 e. The third kappa shape index (κ3) is 7.29. The van der Waals surface area contributed by atoms with Crippen LogP contribution in [0.1, 0.15) is 27.6 Å². The van der Waals surface area contributed by atoms with Crippen molar-refractivity contribution in [1.82, 2.24) is 0 Å². The molecule has 0 unspecified atom stereocenters. The summed E-state index contributed by atoms with van der Waals surface area (Å²) >= 11 is 0. The van der Waals surface area contributed by atoms with Gasteiger partial charge in [0, 0.05) is 6.92 Å². The van der Waals surface area contributed by atoms with Crippen LogP contribution >= 0.6 is 0 Å². The molecule has 0 saturated carbocycles. The third-order valence-electron chi connectivity index (χ3n) is 3.39. The van der Waals surface area contributed by atoms with Crippen molar-refractivity contribution in [2.45, 2.75) is 13.0 Å². The van der Waals surface area contributed by atoms with E-state index in [0.29, 0.717) is 11.1 Å². The average molecular weight is 372 g/mol. The normalized spacial score (nSPS) is 10.3. The summed E-state index contributed by atoms with van der Waals surface area (Å²) in [6.45, 7) is 0.559. The second-order valence-electron chi connectivity index (χ2n) is 5.47. The minimum absolute atomic E-state index is 0.170. The smallest absolute Gasteiger partial charge is 0.338 e. The van der Waals surface area contributed by atoms with Crippen LogP contribution in [0.5, 0.6) is 0 Å². The van der Waals surface area contributed by atoms with Crippen LogP contribution in [0.3, 0.4) is 0 Å². The van der Waals surface area contributed by atoms with E-state index in [2.05, 4.69) is 0 Å². The van der Waals surface area contributed by atoms with Crippen molar-refractivity contribution in [2.75, 3.05) is 20.0 Å². The molecule has 2 aromatic rings. The molecule has 0 spiro atoms. The van der Waals surface area contributed by atoms with Crippen LogP contribution in [0.25, 0.3) is 0 Å². The highest BCUT2D eigenvalue weighted by Crippen LogP contribution is 2.06. The Balaban J connectivity index is 1.88. The van der Waals surface area contributed by atoms with Crippen LogP contribution in [0.4, 0.5) is 0 Å². The lowest BCUT2D eigenvalue weighted by molar-refractivity contribution is -0.162. The van der Waals surface area contributed by atoms with Crippen LogP contribution < -0.4 is 0 Å². The minimum Gasteiger partial charge on any atom is -0.459 e. The number of benzene rings is 2. The first-order chi connectivity index (χ1) is 13.1. The average Bonchev–Trinajstić information content (AvgIpc) is 2.70. The first-order valence-electron chi connectivity index (χ1n) is 8.25. The Kier molecular flexibility index (Phi) is 7.99. The Morgan fingerprint density at radius 1 is 0.741 bits per heavy atom. The summed E-state index contributed by atoms with van der Waals surface area (Å²) in [4.78, 5) is 34.9. The van der Waals surface area contributed by atoms with Crippen molar-refractivity contribution in [3.05, 3.63) is 71.8 Å². The number of carbonyl (C=O) groups is 3. The maximum absolute atomic E-state index is 12.0. The highest BCUT2D eigenvalue weighted by atomic mass is 16.7. The summed E-state index contributed by atoms with van der Waals surface area (Å²) in [7, 11) is 0. The lowest BCUT2D eigenvalue weighted by Crippen LogP contribution is -2.29. The number of rotatable bonds is 9. The second kappa shape index (κ2) is 10.7. The molecule has 0 saturated heterocycles. The minimum atomic E-state index is -0.787.